The summed E-state index contributed by atoms with van der Waals surface area (Å²) < 4.78 is 68.0. The van der Waals surface area contributed by atoms with Gasteiger partial charge in [-0.3, -0.25) is 0 Å². The third kappa shape index (κ3) is 6.90. The van der Waals surface area contributed by atoms with Gasteiger partial charge < -0.3 is 14.4 Å². The fourth-order valence-corrected chi connectivity index (χ4v) is 5.64. The van der Waals surface area contributed by atoms with Crippen LogP contribution in [0, 0.1) is 31.3 Å². The van der Waals surface area contributed by atoms with Crippen LogP contribution >= 0.6 is 0 Å². The topological polar surface area (TPSA) is 38.9 Å². The van der Waals surface area contributed by atoms with Crippen LogP contribution in [0.2, 0.25) is 0 Å². The van der Waals surface area contributed by atoms with Gasteiger partial charge in [0.15, 0.2) is 0 Å². The van der Waals surface area contributed by atoms with E-state index in [1.54, 1.807) is 30.3 Å². The zero-order valence-electron chi connectivity index (χ0n) is 34.1. The molecule has 3 heterocycles. The summed E-state index contributed by atoms with van der Waals surface area (Å²) in [4.78, 5) is 8.71. The second-order valence-electron chi connectivity index (χ2n) is 12.3. The number of aryl methyl sites for hydroxylation is 2. The van der Waals surface area contributed by atoms with Crippen molar-refractivity contribution < 1.29 is 35.5 Å². The van der Waals surface area contributed by atoms with Crippen LogP contribution in [0.15, 0.2) is 120 Å². The number of fused-ring (bicyclic) bond motifs is 6. The van der Waals surface area contributed by atoms with Gasteiger partial charge in [-0.15, -0.1) is 53.6 Å². The number of furan rings is 1. The smallest absolute Gasteiger partial charge is 0.121 e. The Morgan fingerprint density at radius 2 is 1.60 bits per heavy atom. The van der Waals surface area contributed by atoms with E-state index in [4.69, 9.17) is 15.4 Å². The van der Waals surface area contributed by atoms with E-state index in [0.717, 1.165) is 27.1 Å². The van der Waals surface area contributed by atoms with E-state index in [-0.39, 0.29) is 31.2 Å². The molecule has 0 atom stereocenters. The quantitative estimate of drug-likeness (QED) is 0.132. The van der Waals surface area contributed by atoms with Gasteiger partial charge in [-0.05, 0) is 75.3 Å². The number of nitrogens with zero attached hydrogens (tertiary/aromatic N) is 2. The summed E-state index contributed by atoms with van der Waals surface area (Å²) in [6.45, 7) is 1.21. The van der Waals surface area contributed by atoms with Crippen molar-refractivity contribution in [2.24, 2.45) is 5.41 Å². The average molecular weight is 797 g/mol. The van der Waals surface area contributed by atoms with Crippen LogP contribution in [0.25, 0.3) is 66.0 Å². The fraction of sp³-hybridized carbons (Fsp3) is 0.163. The first kappa shape index (κ1) is 23.7. The van der Waals surface area contributed by atoms with E-state index >= 15 is 0 Å². The van der Waals surface area contributed by atoms with E-state index < -0.39 is 25.5 Å². The molecule has 8 aromatic rings. The Hall–Kier alpha value is -4.63. The van der Waals surface area contributed by atoms with Crippen molar-refractivity contribution in [3.8, 4) is 22.5 Å². The van der Waals surface area contributed by atoms with Gasteiger partial charge in [-0.25, -0.2) is 0 Å². The molecule has 4 heteroatoms. The molecule has 0 aliphatic rings. The minimum absolute atomic E-state index is 0. The van der Waals surface area contributed by atoms with Crippen molar-refractivity contribution >= 4 is 43.5 Å². The average Bonchev–Trinajstić information content (AvgIpc) is 3.51. The molecule has 0 bridgehead atoms. The first-order valence-corrected chi connectivity index (χ1v) is 15.1. The number of rotatable bonds is 3. The Bertz CT molecular complexity index is 2640. The minimum atomic E-state index is -2.20. The molecule has 47 heavy (non-hydrogen) atoms. The number of hydrogen-bond acceptors (Lipinski definition) is 3. The number of benzene rings is 5. The maximum absolute atomic E-state index is 8.25. The number of aromatic nitrogens is 2. The molecule has 0 spiro atoms. The molecule has 0 fully saturated rings. The van der Waals surface area contributed by atoms with Crippen LogP contribution in [-0.2, 0) is 26.5 Å². The Labute approximate surface area is 301 Å². The second kappa shape index (κ2) is 13.2. The van der Waals surface area contributed by atoms with Gasteiger partial charge in [0.25, 0.3) is 0 Å². The van der Waals surface area contributed by atoms with E-state index in [9.17, 15) is 0 Å². The third-order valence-corrected chi connectivity index (χ3v) is 7.68. The van der Waals surface area contributed by atoms with Crippen LogP contribution in [0.3, 0.4) is 0 Å². The fourth-order valence-electron chi connectivity index (χ4n) is 5.64. The third-order valence-electron chi connectivity index (χ3n) is 7.68. The van der Waals surface area contributed by atoms with Crippen molar-refractivity contribution in [2.75, 3.05) is 0 Å². The summed E-state index contributed by atoms with van der Waals surface area (Å²) in [7, 11) is 0. The summed E-state index contributed by atoms with van der Waals surface area (Å²) in [5, 5.41) is 6.62. The van der Waals surface area contributed by atoms with Gasteiger partial charge in [0, 0.05) is 48.9 Å². The Balaban J connectivity index is 0.000000193. The molecule has 8 rings (SSSR count). The molecule has 0 amide bonds. The molecule has 0 saturated carbocycles. The largest absolute Gasteiger partial charge is 0.501 e. The number of hydrogen-bond donors (Lipinski definition) is 0. The molecule has 1 radical (unpaired) electrons. The molecule has 0 N–H and O–H groups in total. The molecule has 0 aliphatic carbocycles. The van der Waals surface area contributed by atoms with Gasteiger partial charge >= 0.3 is 0 Å². The van der Waals surface area contributed by atoms with E-state index in [1.807, 2.05) is 45.0 Å². The van der Waals surface area contributed by atoms with Crippen LogP contribution < -0.4 is 0 Å². The van der Waals surface area contributed by atoms with Crippen LogP contribution in [-0.4, -0.2) is 9.97 Å². The van der Waals surface area contributed by atoms with Crippen LogP contribution in [0.1, 0.15) is 48.4 Å². The molecule has 0 aliphatic heterocycles. The van der Waals surface area contributed by atoms with Gasteiger partial charge in [0.1, 0.15) is 5.58 Å². The van der Waals surface area contributed by atoms with Crippen molar-refractivity contribution in [1.82, 2.24) is 9.97 Å². The SMILES string of the molecule is [2H]C([2H])([2H])c1c[c-]c(-c2ccc(C([2H])([2H])C(C)(C)C)cn2)cc1.[2H]C([2H])([2H])c1ccnc(-c2[c-]ccc3c2oc2cc4c(ccc5ccccc54)cc23)c1.[Ir]. The summed E-state index contributed by atoms with van der Waals surface area (Å²) >= 11 is 0. The molecule has 5 aromatic carbocycles. The first-order valence-electron chi connectivity index (χ1n) is 19.1. The van der Waals surface area contributed by atoms with E-state index in [2.05, 4.69) is 58.5 Å². The summed E-state index contributed by atoms with van der Waals surface area (Å²) in [6, 6.07) is 38.0. The first-order chi connectivity index (χ1) is 25.4. The van der Waals surface area contributed by atoms with Crippen molar-refractivity contribution in [1.29, 1.82) is 0 Å². The molecule has 3 nitrogen and oxygen atoms in total. The van der Waals surface area contributed by atoms with Crippen molar-refractivity contribution in [3.05, 3.63) is 144 Å². The molecule has 0 saturated heterocycles. The van der Waals surface area contributed by atoms with Gasteiger partial charge in [0.05, 0.1) is 5.58 Å². The maximum atomic E-state index is 8.25. The molecular weight excluding hydrogens is 753 g/mol. The standard InChI is InChI=1S/C26H16NO.C17H20N.Ir/c1-16-11-12-27-24(13-16)21-8-4-7-20-23-14-18-10-9-17-5-2-3-6-19(17)22(18)15-25(23)28-26(20)21;1-13-5-8-15(9-6-13)16-10-7-14(12-18-16)11-17(2,3)4;/h2-7,9-15H,1H3;5-8,10,12H,11H2,1-4H3;/q2*-1;/i1D3;1D3,11D2;. The predicted octanol–water partition coefficient (Wildman–Crippen LogP) is 11.5. The zero-order valence-corrected chi connectivity index (χ0v) is 28.5. The monoisotopic (exact) mass is 797 g/mol. The predicted molar refractivity (Wildman–Crippen MR) is 192 cm³/mol. The van der Waals surface area contributed by atoms with Crippen molar-refractivity contribution in [3.63, 3.8) is 0 Å². The normalized spacial score (nSPS) is 14.8. The van der Waals surface area contributed by atoms with Gasteiger partial charge in [0.2, 0.25) is 0 Å². The summed E-state index contributed by atoms with van der Waals surface area (Å²) in [6.07, 6.45) is 1.56. The second-order valence-corrected chi connectivity index (χ2v) is 12.3. The molecular formula is C43H36IrN2O-2. The van der Waals surface area contributed by atoms with Crippen molar-refractivity contribution in [2.45, 2.75) is 40.8 Å². The van der Waals surface area contributed by atoms with Gasteiger partial charge in [-0.2, -0.15) is 0 Å². The molecule has 235 valence electrons. The Kier molecular flexibility index (Phi) is 6.66. The maximum Gasteiger partial charge on any atom is 0.121 e. The van der Waals surface area contributed by atoms with Crippen LogP contribution in [0.4, 0.5) is 0 Å². The summed E-state index contributed by atoms with van der Waals surface area (Å²) in [5.41, 5.74) is 4.42. The molecule has 3 aromatic heterocycles. The summed E-state index contributed by atoms with van der Waals surface area (Å²) in [5.74, 6) is 0. The minimum Gasteiger partial charge on any atom is -0.501 e. The zero-order chi connectivity index (χ0) is 38.6. The van der Waals surface area contributed by atoms with E-state index in [1.165, 1.54) is 35.3 Å². The Morgan fingerprint density at radius 3 is 2.36 bits per heavy atom. The van der Waals surface area contributed by atoms with Crippen LogP contribution in [0.5, 0.6) is 0 Å². The van der Waals surface area contributed by atoms with E-state index in [0.29, 0.717) is 33.7 Å². The molecule has 0 unspecified atom stereocenters. The number of pyridine rings is 2. The Morgan fingerprint density at radius 1 is 0.745 bits per heavy atom. The van der Waals surface area contributed by atoms with Gasteiger partial charge in [-0.1, -0.05) is 98.7 Å².